The van der Waals surface area contributed by atoms with E-state index in [4.69, 9.17) is 0 Å². The van der Waals surface area contributed by atoms with Gasteiger partial charge in [-0.1, -0.05) is 44.2 Å². The number of anilines is 1. The van der Waals surface area contributed by atoms with E-state index in [0.29, 0.717) is 10.8 Å². The number of rotatable bonds is 4. The van der Waals surface area contributed by atoms with E-state index in [9.17, 15) is 26.7 Å². The molecule has 3 aromatic rings. The molecule has 4 rings (SSSR count). The minimum atomic E-state index is -2.30. The molecule has 9 heteroatoms. The predicted molar refractivity (Wildman–Crippen MR) is 120 cm³/mol. The number of carbonyl (C=O) groups excluding carboxylic acids is 1. The molecule has 1 aliphatic rings. The van der Waals surface area contributed by atoms with Crippen LogP contribution in [0.3, 0.4) is 0 Å². The lowest BCUT2D eigenvalue weighted by atomic mass is 10.0. The molecule has 0 bridgehead atoms. The van der Waals surface area contributed by atoms with Gasteiger partial charge in [0.05, 0.1) is 11.3 Å². The van der Waals surface area contributed by atoms with Crippen molar-refractivity contribution >= 4 is 45.9 Å². The zero-order valence-corrected chi connectivity index (χ0v) is 18.5. The van der Waals surface area contributed by atoms with Crippen LogP contribution in [0.15, 0.2) is 52.0 Å². The Bertz CT molecular complexity index is 1340. The third-order valence-corrected chi connectivity index (χ3v) is 6.12. The standard InChI is InChI=1S/C24H17F5N2OS/c1-11(2)33-17-9-8-13(14-6-4-5-7-15(14)17)10-16-12(3)30-31(24(16)32)23-21(28)19(26)18(25)20(27)22(23)29/h4-11H,1-3H3/b16-10+. The Hall–Kier alpha value is -3.20. The average molecular weight is 476 g/mol. The van der Waals surface area contributed by atoms with Crippen molar-refractivity contribution in [2.45, 2.75) is 30.9 Å². The minimum absolute atomic E-state index is 0.0200. The molecular formula is C24H17F5N2OS. The Morgan fingerprint density at radius 2 is 1.45 bits per heavy atom. The number of benzene rings is 3. The summed E-state index contributed by atoms with van der Waals surface area (Å²) in [5, 5.41) is 6.14. The van der Waals surface area contributed by atoms with Crippen LogP contribution in [0.2, 0.25) is 0 Å². The van der Waals surface area contributed by atoms with Gasteiger partial charge in [-0.3, -0.25) is 4.79 Å². The van der Waals surface area contributed by atoms with Gasteiger partial charge in [0.2, 0.25) is 5.82 Å². The maximum Gasteiger partial charge on any atom is 0.280 e. The average Bonchev–Trinajstić information content (AvgIpc) is 3.06. The monoisotopic (exact) mass is 476 g/mol. The van der Waals surface area contributed by atoms with Gasteiger partial charge in [-0.25, -0.2) is 22.0 Å². The highest BCUT2D eigenvalue weighted by molar-refractivity contribution is 8.00. The molecule has 33 heavy (non-hydrogen) atoms. The third-order valence-electron chi connectivity index (χ3n) is 5.04. The number of amides is 1. The van der Waals surface area contributed by atoms with E-state index in [1.807, 2.05) is 36.4 Å². The van der Waals surface area contributed by atoms with Crippen LogP contribution < -0.4 is 5.01 Å². The Labute approximate surface area is 190 Å². The van der Waals surface area contributed by atoms with Crippen molar-refractivity contribution in [3.05, 3.63) is 76.6 Å². The highest BCUT2D eigenvalue weighted by Crippen LogP contribution is 2.36. The van der Waals surface area contributed by atoms with E-state index >= 15 is 0 Å². The number of hydrazone groups is 1. The van der Waals surface area contributed by atoms with Crippen LogP contribution in [0.1, 0.15) is 26.3 Å². The molecule has 0 saturated carbocycles. The molecule has 0 radical (unpaired) electrons. The fraction of sp³-hybridized carbons (Fsp3) is 0.167. The number of halogens is 5. The number of thioether (sulfide) groups is 1. The second-order valence-electron chi connectivity index (χ2n) is 7.64. The summed E-state index contributed by atoms with van der Waals surface area (Å²) in [7, 11) is 0. The lowest BCUT2D eigenvalue weighted by Gasteiger charge is -2.15. The van der Waals surface area contributed by atoms with Crippen LogP contribution in [0.4, 0.5) is 27.6 Å². The summed E-state index contributed by atoms with van der Waals surface area (Å²) in [4.78, 5) is 14.0. The Kier molecular flexibility index (Phi) is 6.00. The maximum absolute atomic E-state index is 14.3. The van der Waals surface area contributed by atoms with Crippen LogP contribution >= 0.6 is 11.8 Å². The Morgan fingerprint density at radius 3 is 2.06 bits per heavy atom. The van der Waals surface area contributed by atoms with Gasteiger partial charge in [-0.2, -0.15) is 10.1 Å². The van der Waals surface area contributed by atoms with Crippen LogP contribution in [0.5, 0.6) is 0 Å². The predicted octanol–water partition coefficient (Wildman–Crippen LogP) is 6.84. The molecule has 0 aliphatic carbocycles. The highest BCUT2D eigenvalue weighted by atomic mass is 32.2. The molecule has 1 amide bonds. The summed E-state index contributed by atoms with van der Waals surface area (Å²) >= 11 is 1.68. The van der Waals surface area contributed by atoms with Gasteiger partial charge < -0.3 is 0 Å². The van der Waals surface area contributed by atoms with Crippen molar-refractivity contribution in [1.29, 1.82) is 0 Å². The smallest absolute Gasteiger partial charge is 0.267 e. The van der Waals surface area contributed by atoms with Gasteiger partial charge >= 0.3 is 0 Å². The van der Waals surface area contributed by atoms with E-state index in [0.717, 1.165) is 15.7 Å². The number of nitrogens with zero attached hydrogens (tertiary/aromatic N) is 2. The first-order chi connectivity index (χ1) is 15.6. The maximum atomic E-state index is 14.3. The van der Waals surface area contributed by atoms with Crippen molar-refractivity contribution in [3.8, 4) is 0 Å². The zero-order valence-electron chi connectivity index (χ0n) is 17.7. The number of fused-ring (bicyclic) bond motifs is 1. The summed E-state index contributed by atoms with van der Waals surface area (Å²) in [6.07, 6.45) is 1.50. The van der Waals surface area contributed by atoms with E-state index in [1.54, 1.807) is 11.8 Å². The van der Waals surface area contributed by atoms with Gasteiger partial charge in [0.15, 0.2) is 23.3 Å². The first kappa shape index (κ1) is 23.0. The van der Waals surface area contributed by atoms with Crippen LogP contribution in [0, 0.1) is 29.1 Å². The van der Waals surface area contributed by atoms with Gasteiger partial charge in [0, 0.05) is 10.1 Å². The molecule has 1 aliphatic heterocycles. The quantitative estimate of drug-likeness (QED) is 0.136. The molecule has 3 aromatic carbocycles. The van der Waals surface area contributed by atoms with E-state index in [2.05, 4.69) is 18.9 Å². The van der Waals surface area contributed by atoms with Gasteiger partial charge in [0.1, 0.15) is 5.69 Å². The molecule has 0 atom stereocenters. The van der Waals surface area contributed by atoms with E-state index < -0.39 is 40.7 Å². The van der Waals surface area contributed by atoms with Crippen molar-refractivity contribution in [2.24, 2.45) is 5.10 Å². The van der Waals surface area contributed by atoms with Crippen molar-refractivity contribution in [1.82, 2.24) is 0 Å². The Balaban J connectivity index is 1.81. The molecule has 0 fully saturated rings. The molecule has 0 unspecified atom stereocenters. The minimum Gasteiger partial charge on any atom is -0.267 e. The second kappa shape index (κ2) is 8.62. The molecule has 0 aromatic heterocycles. The zero-order chi connectivity index (χ0) is 24.0. The van der Waals surface area contributed by atoms with Crippen LogP contribution in [-0.4, -0.2) is 16.9 Å². The molecule has 0 saturated heterocycles. The van der Waals surface area contributed by atoms with Gasteiger partial charge in [-0.05, 0) is 35.4 Å². The Morgan fingerprint density at radius 1 is 0.879 bits per heavy atom. The SMILES string of the molecule is CC1=NN(c2c(F)c(F)c(F)c(F)c2F)C(=O)/C1=C/c1ccc(SC(C)C)c2ccccc12. The molecule has 0 spiro atoms. The fourth-order valence-corrected chi connectivity index (χ4v) is 4.51. The molecule has 1 heterocycles. The van der Waals surface area contributed by atoms with Crippen molar-refractivity contribution in [3.63, 3.8) is 0 Å². The largest absolute Gasteiger partial charge is 0.280 e. The third kappa shape index (κ3) is 3.90. The van der Waals surface area contributed by atoms with Crippen molar-refractivity contribution in [2.75, 3.05) is 5.01 Å². The summed E-state index contributed by atoms with van der Waals surface area (Å²) < 4.78 is 69.2. The molecule has 3 nitrogen and oxygen atoms in total. The number of hydrogen-bond donors (Lipinski definition) is 0. The summed E-state index contributed by atoms with van der Waals surface area (Å²) in [5.41, 5.74) is -0.703. The molecule has 0 N–H and O–H groups in total. The molecule has 170 valence electrons. The summed E-state index contributed by atoms with van der Waals surface area (Å²) in [6.45, 7) is 5.56. The van der Waals surface area contributed by atoms with E-state index in [-0.39, 0.29) is 16.3 Å². The topological polar surface area (TPSA) is 32.7 Å². The first-order valence-electron chi connectivity index (χ1n) is 9.93. The lowest BCUT2D eigenvalue weighted by molar-refractivity contribution is -0.114. The lowest BCUT2D eigenvalue weighted by Crippen LogP contribution is -2.25. The van der Waals surface area contributed by atoms with Gasteiger partial charge in [-0.15, -0.1) is 11.8 Å². The summed E-state index contributed by atoms with van der Waals surface area (Å²) in [5.74, 6) is -11.9. The fourth-order valence-electron chi connectivity index (χ4n) is 3.55. The van der Waals surface area contributed by atoms with Gasteiger partial charge in [0.25, 0.3) is 5.91 Å². The van der Waals surface area contributed by atoms with E-state index in [1.165, 1.54) is 13.0 Å². The summed E-state index contributed by atoms with van der Waals surface area (Å²) in [6, 6.07) is 11.3. The van der Waals surface area contributed by atoms with Crippen LogP contribution in [-0.2, 0) is 4.79 Å². The number of hydrogen-bond acceptors (Lipinski definition) is 3. The van der Waals surface area contributed by atoms with Crippen LogP contribution in [0.25, 0.3) is 16.8 Å². The second-order valence-corrected chi connectivity index (χ2v) is 9.26. The number of carbonyl (C=O) groups is 1. The molecular weight excluding hydrogens is 459 g/mol. The van der Waals surface area contributed by atoms with Crippen molar-refractivity contribution < 1.29 is 26.7 Å². The normalized spacial score (nSPS) is 15.3. The first-order valence-corrected chi connectivity index (χ1v) is 10.8. The highest BCUT2D eigenvalue weighted by Gasteiger charge is 2.37.